The number of aliphatic hydroxyl groups excluding tert-OH is 1. The molecule has 0 fully saturated rings. The van der Waals surface area contributed by atoms with E-state index in [1.807, 2.05) is 30.0 Å². The molecule has 1 atom stereocenters. The van der Waals surface area contributed by atoms with E-state index in [1.165, 1.54) is 0 Å². The molecule has 0 saturated carbocycles. The molecule has 1 amide bonds. The van der Waals surface area contributed by atoms with Crippen LogP contribution in [-0.4, -0.2) is 43.1 Å². The molecule has 19 heavy (non-hydrogen) atoms. The van der Waals surface area contributed by atoms with Gasteiger partial charge in [0.05, 0.1) is 18.3 Å². The maximum Gasteiger partial charge on any atom is 0.241 e. The summed E-state index contributed by atoms with van der Waals surface area (Å²) in [5.41, 5.74) is 1.81. The van der Waals surface area contributed by atoms with Crippen LogP contribution in [0.1, 0.15) is 25.5 Å². The number of likely N-dealkylation sites (N-methyl/N-ethyl adjacent to an activating group) is 2. The Morgan fingerprint density at radius 1 is 1.42 bits per heavy atom. The van der Waals surface area contributed by atoms with E-state index in [0.29, 0.717) is 6.54 Å². The standard InChI is InChI=1S/C14H21BrN2O2/c1-5-17(9-14(19)16(3)4)13-7-6-11(10(2)18)8-12(13)15/h6-8,10,18H,5,9H2,1-4H3/t10-/m1/s1. The Labute approximate surface area is 123 Å². The minimum absolute atomic E-state index is 0.0633. The number of benzene rings is 1. The number of halogens is 1. The molecule has 0 heterocycles. The van der Waals surface area contributed by atoms with Gasteiger partial charge in [0.2, 0.25) is 5.91 Å². The van der Waals surface area contributed by atoms with Gasteiger partial charge in [-0.05, 0) is 47.5 Å². The molecule has 1 rings (SSSR count). The summed E-state index contributed by atoms with van der Waals surface area (Å²) in [5, 5.41) is 9.56. The Hall–Kier alpha value is -1.07. The van der Waals surface area contributed by atoms with Crippen LogP contribution in [0.4, 0.5) is 5.69 Å². The number of rotatable bonds is 5. The number of anilines is 1. The van der Waals surface area contributed by atoms with E-state index in [-0.39, 0.29) is 5.91 Å². The van der Waals surface area contributed by atoms with Crippen molar-refractivity contribution >= 4 is 27.5 Å². The summed E-state index contributed by atoms with van der Waals surface area (Å²) in [6.45, 7) is 4.83. The van der Waals surface area contributed by atoms with Crippen molar-refractivity contribution in [3.05, 3.63) is 28.2 Å². The zero-order valence-electron chi connectivity index (χ0n) is 11.9. The highest BCUT2D eigenvalue weighted by atomic mass is 79.9. The number of carbonyl (C=O) groups excluding carboxylic acids is 1. The highest BCUT2D eigenvalue weighted by molar-refractivity contribution is 9.10. The lowest BCUT2D eigenvalue weighted by Gasteiger charge is -2.25. The second-order valence-corrected chi connectivity index (χ2v) is 5.54. The first-order valence-corrected chi connectivity index (χ1v) is 7.08. The first-order chi connectivity index (χ1) is 8.86. The minimum atomic E-state index is -0.496. The monoisotopic (exact) mass is 328 g/mol. The van der Waals surface area contributed by atoms with E-state index < -0.39 is 6.10 Å². The van der Waals surface area contributed by atoms with Crippen LogP contribution in [0.2, 0.25) is 0 Å². The molecular formula is C14H21BrN2O2. The molecule has 4 nitrogen and oxygen atoms in total. The van der Waals surface area contributed by atoms with Gasteiger partial charge in [0.1, 0.15) is 0 Å². The lowest BCUT2D eigenvalue weighted by atomic mass is 10.1. The molecule has 106 valence electrons. The number of aliphatic hydroxyl groups is 1. The molecule has 0 spiro atoms. The summed E-state index contributed by atoms with van der Waals surface area (Å²) < 4.78 is 0.888. The van der Waals surface area contributed by atoms with Gasteiger partial charge >= 0.3 is 0 Å². The summed E-state index contributed by atoms with van der Waals surface area (Å²) >= 11 is 3.51. The number of hydrogen-bond acceptors (Lipinski definition) is 3. The average Bonchev–Trinajstić information content (AvgIpc) is 2.35. The van der Waals surface area contributed by atoms with E-state index in [0.717, 1.165) is 22.3 Å². The van der Waals surface area contributed by atoms with Gasteiger partial charge in [-0.2, -0.15) is 0 Å². The summed E-state index contributed by atoms with van der Waals surface area (Å²) in [7, 11) is 3.50. The zero-order chi connectivity index (χ0) is 14.6. The second kappa shape index (κ2) is 6.91. The fourth-order valence-corrected chi connectivity index (χ4v) is 2.36. The largest absolute Gasteiger partial charge is 0.389 e. The number of hydrogen-bond donors (Lipinski definition) is 1. The van der Waals surface area contributed by atoms with Crippen molar-refractivity contribution in [3.63, 3.8) is 0 Å². The van der Waals surface area contributed by atoms with Crippen molar-refractivity contribution in [3.8, 4) is 0 Å². The third-order valence-electron chi connectivity index (χ3n) is 3.00. The number of nitrogens with zero attached hydrogens (tertiary/aromatic N) is 2. The number of amides is 1. The number of carbonyl (C=O) groups is 1. The maximum absolute atomic E-state index is 11.8. The van der Waals surface area contributed by atoms with E-state index >= 15 is 0 Å². The summed E-state index contributed by atoms with van der Waals surface area (Å²) in [5.74, 6) is 0.0633. The van der Waals surface area contributed by atoms with Crippen LogP contribution in [0.25, 0.3) is 0 Å². The molecule has 0 unspecified atom stereocenters. The van der Waals surface area contributed by atoms with Gasteiger partial charge in [0.15, 0.2) is 0 Å². The lowest BCUT2D eigenvalue weighted by molar-refractivity contribution is -0.127. The first-order valence-electron chi connectivity index (χ1n) is 6.29. The van der Waals surface area contributed by atoms with Crippen LogP contribution in [0.3, 0.4) is 0 Å². The zero-order valence-corrected chi connectivity index (χ0v) is 13.4. The van der Waals surface area contributed by atoms with Crippen LogP contribution in [0.5, 0.6) is 0 Å². The highest BCUT2D eigenvalue weighted by Crippen LogP contribution is 2.29. The second-order valence-electron chi connectivity index (χ2n) is 4.69. The molecule has 0 aliphatic carbocycles. The van der Waals surface area contributed by atoms with Crippen LogP contribution >= 0.6 is 15.9 Å². The molecule has 5 heteroatoms. The topological polar surface area (TPSA) is 43.8 Å². The molecule has 1 N–H and O–H groups in total. The first kappa shape index (κ1) is 16.0. The molecule has 0 aliphatic heterocycles. The molecule has 1 aromatic rings. The van der Waals surface area contributed by atoms with Crippen LogP contribution < -0.4 is 4.90 Å². The third kappa shape index (κ3) is 4.21. The quantitative estimate of drug-likeness (QED) is 0.902. The third-order valence-corrected chi connectivity index (χ3v) is 3.64. The van der Waals surface area contributed by atoms with Crippen LogP contribution in [0.15, 0.2) is 22.7 Å². The summed E-state index contributed by atoms with van der Waals surface area (Å²) in [6, 6.07) is 5.70. The predicted molar refractivity (Wildman–Crippen MR) is 81.4 cm³/mol. The van der Waals surface area contributed by atoms with Crippen molar-refractivity contribution in [2.24, 2.45) is 0 Å². The Balaban J connectivity index is 2.96. The minimum Gasteiger partial charge on any atom is -0.389 e. The van der Waals surface area contributed by atoms with Gasteiger partial charge in [-0.1, -0.05) is 6.07 Å². The lowest BCUT2D eigenvalue weighted by Crippen LogP contribution is -2.36. The van der Waals surface area contributed by atoms with E-state index in [2.05, 4.69) is 15.9 Å². The average molecular weight is 329 g/mol. The van der Waals surface area contributed by atoms with E-state index in [4.69, 9.17) is 0 Å². The Morgan fingerprint density at radius 3 is 2.47 bits per heavy atom. The van der Waals surface area contributed by atoms with Crippen molar-refractivity contribution in [1.82, 2.24) is 4.90 Å². The van der Waals surface area contributed by atoms with Crippen molar-refractivity contribution in [1.29, 1.82) is 0 Å². The van der Waals surface area contributed by atoms with Crippen LogP contribution in [-0.2, 0) is 4.79 Å². The maximum atomic E-state index is 11.8. The molecule has 0 aliphatic rings. The molecule has 0 bridgehead atoms. The fourth-order valence-electron chi connectivity index (χ4n) is 1.71. The fraction of sp³-hybridized carbons (Fsp3) is 0.500. The molecule has 0 saturated heterocycles. The molecule has 0 aromatic heterocycles. The van der Waals surface area contributed by atoms with Gasteiger partial charge in [-0.15, -0.1) is 0 Å². The SMILES string of the molecule is CCN(CC(=O)N(C)C)c1ccc([C@@H](C)O)cc1Br. The van der Waals surface area contributed by atoms with Gasteiger partial charge in [0, 0.05) is 25.1 Å². The van der Waals surface area contributed by atoms with Gasteiger partial charge < -0.3 is 14.9 Å². The van der Waals surface area contributed by atoms with Gasteiger partial charge in [-0.25, -0.2) is 0 Å². The van der Waals surface area contributed by atoms with Crippen molar-refractivity contribution < 1.29 is 9.90 Å². The van der Waals surface area contributed by atoms with E-state index in [9.17, 15) is 9.90 Å². The normalized spacial score (nSPS) is 12.1. The van der Waals surface area contributed by atoms with Gasteiger partial charge in [0.25, 0.3) is 0 Å². The Morgan fingerprint density at radius 2 is 2.05 bits per heavy atom. The van der Waals surface area contributed by atoms with Crippen LogP contribution in [0, 0.1) is 0 Å². The highest BCUT2D eigenvalue weighted by Gasteiger charge is 2.15. The summed E-state index contributed by atoms with van der Waals surface area (Å²) in [6.07, 6.45) is -0.496. The van der Waals surface area contributed by atoms with E-state index in [1.54, 1.807) is 25.9 Å². The summed E-state index contributed by atoms with van der Waals surface area (Å²) in [4.78, 5) is 15.4. The van der Waals surface area contributed by atoms with Crippen molar-refractivity contribution in [2.45, 2.75) is 20.0 Å². The van der Waals surface area contributed by atoms with Crippen molar-refractivity contribution in [2.75, 3.05) is 32.1 Å². The molecule has 0 radical (unpaired) electrons. The molecular weight excluding hydrogens is 308 g/mol. The predicted octanol–water partition coefficient (Wildman–Crippen LogP) is 2.42. The molecule has 1 aromatic carbocycles. The smallest absolute Gasteiger partial charge is 0.241 e. The van der Waals surface area contributed by atoms with Gasteiger partial charge in [-0.3, -0.25) is 4.79 Å². The Bertz CT molecular complexity index is 447. The Kier molecular flexibility index (Phi) is 5.82.